The fourth-order valence-corrected chi connectivity index (χ4v) is 2.75. The van der Waals surface area contributed by atoms with Crippen LogP contribution in [0.4, 0.5) is 13.2 Å². The van der Waals surface area contributed by atoms with Crippen LogP contribution < -0.4 is 5.32 Å². The van der Waals surface area contributed by atoms with Crippen LogP contribution in [0.2, 0.25) is 0 Å². The van der Waals surface area contributed by atoms with Crippen LogP contribution in [0.5, 0.6) is 0 Å². The predicted molar refractivity (Wildman–Crippen MR) is 76.4 cm³/mol. The first-order chi connectivity index (χ1) is 8.91. The molecule has 0 saturated carbocycles. The molecule has 1 aromatic carbocycles. The van der Waals surface area contributed by atoms with E-state index < -0.39 is 12.2 Å². The normalized spacial score (nSPS) is 18.4. The fraction of sp³-hybridized carbons (Fsp3) is 0.571. The van der Waals surface area contributed by atoms with Gasteiger partial charge in [-0.1, -0.05) is 18.2 Å². The molecular formula is C14H20ClF3N2. The van der Waals surface area contributed by atoms with Gasteiger partial charge in [-0.15, -0.1) is 12.4 Å². The molecule has 0 radical (unpaired) electrons. The Balaban J connectivity index is 0.00000200. The van der Waals surface area contributed by atoms with Crippen LogP contribution in [-0.4, -0.2) is 37.3 Å². The zero-order chi connectivity index (χ0) is 14.0. The number of rotatable bonds is 2. The molecule has 114 valence electrons. The number of aryl methyl sites for hydroxylation is 2. The SMILES string of the molecule is Cc1cccc(C)c1[C@@H](N1CCNCC1)C(F)(F)F.Cl. The molecule has 1 aliphatic rings. The van der Waals surface area contributed by atoms with E-state index in [1.807, 2.05) is 0 Å². The van der Waals surface area contributed by atoms with Crippen molar-refractivity contribution >= 4 is 12.4 Å². The highest BCUT2D eigenvalue weighted by molar-refractivity contribution is 5.85. The van der Waals surface area contributed by atoms with Crippen LogP contribution in [0.15, 0.2) is 18.2 Å². The maximum Gasteiger partial charge on any atom is 0.408 e. The molecule has 0 aliphatic carbocycles. The Kier molecular flexibility index (Phi) is 5.86. The van der Waals surface area contributed by atoms with Gasteiger partial charge in [-0.25, -0.2) is 0 Å². The highest BCUT2D eigenvalue weighted by Crippen LogP contribution is 2.40. The Morgan fingerprint density at radius 2 is 1.60 bits per heavy atom. The molecule has 1 N–H and O–H groups in total. The number of nitrogens with zero attached hydrogens (tertiary/aromatic N) is 1. The number of hydrogen-bond acceptors (Lipinski definition) is 2. The lowest BCUT2D eigenvalue weighted by Crippen LogP contribution is -2.49. The first-order valence-corrected chi connectivity index (χ1v) is 6.49. The second kappa shape index (κ2) is 6.78. The number of halogens is 4. The molecule has 2 rings (SSSR count). The van der Waals surface area contributed by atoms with Gasteiger partial charge in [-0.3, -0.25) is 4.90 Å². The molecule has 1 saturated heterocycles. The summed E-state index contributed by atoms with van der Waals surface area (Å²) in [6.07, 6.45) is -4.24. The average molecular weight is 309 g/mol. The third-order valence-electron chi connectivity index (χ3n) is 3.64. The lowest BCUT2D eigenvalue weighted by atomic mass is 9.94. The van der Waals surface area contributed by atoms with Crippen LogP contribution in [-0.2, 0) is 0 Å². The van der Waals surface area contributed by atoms with E-state index in [1.54, 1.807) is 32.0 Å². The molecule has 0 bridgehead atoms. The Bertz CT molecular complexity index is 422. The van der Waals surface area contributed by atoms with E-state index >= 15 is 0 Å². The molecule has 0 aromatic heterocycles. The standard InChI is InChI=1S/C14H19F3N2.ClH/c1-10-4-3-5-11(2)12(10)13(14(15,16)17)19-8-6-18-7-9-19;/h3-5,13,18H,6-9H2,1-2H3;1H/t13-;/m1./s1. The van der Waals surface area contributed by atoms with Gasteiger partial charge in [0.2, 0.25) is 0 Å². The summed E-state index contributed by atoms with van der Waals surface area (Å²) in [6, 6.07) is 3.82. The summed E-state index contributed by atoms with van der Waals surface area (Å²) in [5, 5.41) is 3.09. The zero-order valence-corrected chi connectivity index (χ0v) is 12.4. The third kappa shape index (κ3) is 3.65. The van der Waals surface area contributed by atoms with E-state index in [2.05, 4.69) is 5.32 Å². The molecule has 1 aliphatic heterocycles. The van der Waals surface area contributed by atoms with E-state index in [9.17, 15) is 13.2 Å². The summed E-state index contributed by atoms with van der Waals surface area (Å²) in [5.74, 6) is 0. The summed E-state index contributed by atoms with van der Waals surface area (Å²) in [6.45, 7) is 5.58. The number of benzene rings is 1. The molecule has 1 atom stereocenters. The van der Waals surface area contributed by atoms with E-state index in [-0.39, 0.29) is 12.4 Å². The number of piperazine rings is 1. The number of nitrogens with one attached hydrogen (secondary N) is 1. The zero-order valence-electron chi connectivity index (χ0n) is 11.6. The summed E-state index contributed by atoms with van der Waals surface area (Å²) in [4.78, 5) is 1.53. The van der Waals surface area contributed by atoms with Crippen molar-refractivity contribution in [3.05, 3.63) is 34.9 Å². The minimum Gasteiger partial charge on any atom is -0.314 e. The van der Waals surface area contributed by atoms with Gasteiger partial charge in [-0.05, 0) is 30.5 Å². The highest BCUT2D eigenvalue weighted by atomic mass is 35.5. The van der Waals surface area contributed by atoms with Crippen LogP contribution in [0.3, 0.4) is 0 Å². The van der Waals surface area contributed by atoms with E-state index in [4.69, 9.17) is 0 Å². The van der Waals surface area contributed by atoms with Gasteiger partial charge in [0.15, 0.2) is 0 Å². The Hall–Kier alpha value is -0.780. The minimum absolute atomic E-state index is 0. The highest BCUT2D eigenvalue weighted by Gasteiger charge is 2.45. The molecule has 0 amide bonds. The van der Waals surface area contributed by atoms with Crippen LogP contribution in [0.25, 0.3) is 0 Å². The molecule has 1 aromatic rings. The van der Waals surface area contributed by atoms with Crippen molar-refractivity contribution in [1.29, 1.82) is 0 Å². The molecule has 1 fully saturated rings. The smallest absolute Gasteiger partial charge is 0.314 e. The first kappa shape index (κ1) is 17.3. The second-order valence-electron chi connectivity index (χ2n) is 5.04. The second-order valence-corrected chi connectivity index (χ2v) is 5.04. The molecular weight excluding hydrogens is 289 g/mol. The van der Waals surface area contributed by atoms with Gasteiger partial charge >= 0.3 is 6.18 Å². The maximum absolute atomic E-state index is 13.5. The Labute approximate surface area is 123 Å². The molecule has 20 heavy (non-hydrogen) atoms. The van der Waals surface area contributed by atoms with Crippen molar-refractivity contribution in [2.24, 2.45) is 0 Å². The summed E-state index contributed by atoms with van der Waals surface area (Å²) < 4.78 is 40.5. The number of hydrogen-bond donors (Lipinski definition) is 1. The van der Waals surface area contributed by atoms with Gasteiger partial charge in [0.1, 0.15) is 6.04 Å². The maximum atomic E-state index is 13.5. The summed E-state index contributed by atoms with van der Waals surface area (Å²) in [5.41, 5.74) is 1.83. The summed E-state index contributed by atoms with van der Waals surface area (Å²) >= 11 is 0. The fourth-order valence-electron chi connectivity index (χ4n) is 2.75. The van der Waals surface area contributed by atoms with Gasteiger partial charge in [0.05, 0.1) is 0 Å². The summed E-state index contributed by atoms with van der Waals surface area (Å²) in [7, 11) is 0. The largest absolute Gasteiger partial charge is 0.408 e. The quantitative estimate of drug-likeness (QED) is 0.902. The Morgan fingerprint density at radius 3 is 2.05 bits per heavy atom. The van der Waals surface area contributed by atoms with Crippen molar-refractivity contribution in [2.45, 2.75) is 26.1 Å². The minimum atomic E-state index is -4.24. The predicted octanol–water partition coefficient (Wildman–Crippen LogP) is 3.23. The molecule has 6 heteroatoms. The lowest BCUT2D eigenvalue weighted by Gasteiger charge is -2.37. The van der Waals surface area contributed by atoms with Crippen molar-refractivity contribution in [1.82, 2.24) is 10.2 Å². The average Bonchev–Trinajstić information content (AvgIpc) is 2.33. The monoisotopic (exact) mass is 308 g/mol. The molecule has 0 spiro atoms. The van der Waals surface area contributed by atoms with E-state index in [0.717, 1.165) is 0 Å². The van der Waals surface area contributed by atoms with E-state index in [1.165, 1.54) is 4.90 Å². The van der Waals surface area contributed by atoms with Gasteiger partial charge in [0, 0.05) is 26.2 Å². The van der Waals surface area contributed by atoms with Crippen LogP contribution in [0, 0.1) is 13.8 Å². The van der Waals surface area contributed by atoms with E-state index in [0.29, 0.717) is 42.9 Å². The van der Waals surface area contributed by atoms with Gasteiger partial charge in [0.25, 0.3) is 0 Å². The van der Waals surface area contributed by atoms with Gasteiger partial charge in [-0.2, -0.15) is 13.2 Å². The molecule has 2 nitrogen and oxygen atoms in total. The topological polar surface area (TPSA) is 15.3 Å². The number of alkyl halides is 3. The molecule has 0 unspecified atom stereocenters. The third-order valence-corrected chi connectivity index (χ3v) is 3.64. The van der Waals surface area contributed by atoms with Crippen molar-refractivity contribution in [3.8, 4) is 0 Å². The first-order valence-electron chi connectivity index (χ1n) is 6.49. The Morgan fingerprint density at radius 1 is 1.10 bits per heavy atom. The van der Waals surface area contributed by atoms with Crippen molar-refractivity contribution in [3.63, 3.8) is 0 Å². The van der Waals surface area contributed by atoms with Crippen LogP contribution >= 0.6 is 12.4 Å². The van der Waals surface area contributed by atoms with Gasteiger partial charge < -0.3 is 5.32 Å². The van der Waals surface area contributed by atoms with Crippen molar-refractivity contribution < 1.29 is 13.2 Å². The van der Waals surface area contributed by atoms with Crippen molar-refractivity contribution in [2.75, 3.05) is 26.2 Å². The van der Waals surface area contributed by atoms with Crippen LogP contribution in [0.1, 0.15) is 22.7 Å². The molecule has 1 heterocycles. The lowest BCUT2D eigenvalue weighted by molar-refractivity contribution is -0.188.